The van der Waals surface area contributed by atoms with E-state index < -0.39 is 41.9 Å². The normalized spacial score (nSPS) is 19.3. The van der Waals surface area contributed by atoms with Crippen LogP contribution in [0, 0.1) is 6.92 Å². The lowest BCUT2D eigenvalue weighted by Gasteiger charge is -2.22. The number of urea groups is 1. The van der Waals surface area contributed by atoms with Gasteiger partial charge in [0.15, 0.2) is 5.78 Å². The van der Waals surface area contributed by atoms with Crippen LogP contribution in [0.15, 0.2) is 48.5 Å². The van der Waals surface area contributed by atoms with Crippen molar-refractivity contribution in [1.82, 2.24) is 10.2 Å². The number of halogens is 3. The van der Waals surface area contributed by atoms with Crippen LogP contribution < -0.4 is 10.1 Å². The van der Waals surface area contributed by atoms with Crippen molar-refractivity contribution in [3.8, 4) is 5.75 Å². The number of ether oxygens (including phenoxy) is 1. The van der Waals surface area contributed by atoms with Crippen LogP contribution in [0.1, 0.15) is 28.4 Å². The van der Waals surface area contributed by atoms with Crippen molar-refractivity contribution < 1.29 is 32.3 Å². The van der Waals surface area contributed by atoms with Crippen LogP contribution in [-0.2, 0) is 10.3 Å². The monoisotopic (exact) mass is 406 g/mol. The fourth-order valence-corrected chi connectivity index (χ4v) is 3.14. The minimum absolute atomic E-state index is 0.260. The molecule has 0 spiro atoms. The number of nitrogens with one attached hydrogen (secondary N) is 1. The highest BCUT2D eigenvalue weighted by Gasteiger charge is 2.49. The summed E-state index contributed by atoms with van der Waals surface area (Å²) in [6, 6.07) is 10.7. The molecule has 1 unspecified atom stereocenters. The molecule has 3 amide bonds. The van der Waals surface area contributed by atoms with E-state index in [2.05, 4.69) is 10.1 Å². The Morgan fingerprint density at radius 1 is 1.10 bits per heavy atom. The maximum atomic E-state index is 12.9. The van der Waals surface area contributed by atoms with E-state index >= 15 is 0 Å². The number of imide groups is 1. The molecule has 0 saturated carbocycles. The molecule has 29 heavy (non-hydrogen) atoms. The van der Waals surface area contributed by atoms with Crippen molar-refractivity contribution in [2.24, 2.45) is 0 Å². The predicted molar refractivity (Wildman–Crippen MR) is 96.2 cm³/mol. The Kier molecular flexibility index (Phi) is 5.08. The van der Waals surface area contributed by atoms with Crippen molar-refractivity contribution in [2.45, 2.75) is 25.7 Å². The molecule has 2 aromatic carbocycles. The minimum Gasteiger partial charge on any atom is -0.406 e. The molecule has 0 aliphatic carbocycles. The fourth-order valence-electron chi connectivity index (χ4n) is 3.14. The average molecular weight is 406 g/mol. The average Bonchev–Trinajstić information content (AvgIpc) is 2.85. The Morgan fingerprint density at radius 3 is 2.31 bits per heavy atom. The molecular weight excluding hydrogens is 389 g/mol. The van der Waals surface area contributed by atoms with Gasteiger partial charge in [0.05, 0.1) is 6.54 Å². The Balaban J connectivity index is 1.80. The molecule has 152 valence electrons. The predicted octanol–water partition coefficient (Wildman–Crippen LogP) is 3.54. The van der Waals surface area contributed by atoms with Gasteiger partial charge in [-0.3, -0.25) is 14.5 Å². The molecule has 1 heterocycles. The molecular formula is C20H17F3N2O4. The van der Waals surface area contributed by atoms with Gasteiger partial charge in [-0.25, -0.2) is 4.79 Å². The molecule has 3 rings (SSSR count). The van der Waals surface area contributed by atoms with Crippen molar-refractivity contribution in [1.29, 1.82) is 0 Å². The molecule has 1 atom stereocenters. The number of benzene rings is 2. The molecule has 0 bridgehead atoms. The van der Waals surface area contributed by atoms with E-state index in [1.165, 1.54) is 19.1 Å². The molecule has 0 radical (unpaired) electrons. The summed E-state index contributed by atoms with van der Waals surface area (Å²) in [5.74, 6) is -1.52. The first-order valence-electron chi connectivity index (χ1n) is 8.60. The van der Waals surface area contributed by atoms with Crippen LogP contribution in [-0.4, -0.2) is 35.5 Å². The standard InChI is InChI=1S/C20H17F3N2O4/c1-12-5-3-4-6-15(12)16(26)11-25-17(27)19(2,24-18(25)28)13-7-9-14(10-8-13)29-20(21,22)23/h3-10H,11H2,1-2H3,(H,24,28). The van der Waals surface area contributed by atoms with Gasteiger partial charge in [0.1, 0.15) is 11.3 Å². The number of hydrogen-bond donors (Lipinski definition) is 1. The van der Waals surface area contributed by atoms with Crippen LogP contribution >= 0.6 is 0 Å². The Labute approximate surface area is 164 Å². The zero-order chi connectivity index (χ0) is 21.4. The smallest absolute Gasteiger partial charge is 0.406 e. The summed E-state index contributed by atoms with van der Waals surface area (Å²) in [5.41, 5.74) is -0.140. The number of ketones is 1. The number of carbonyl (C=O) groups excluding carboxylic acids is 3. The van der Waals surface area contributed by atoms with Gasteiger partial charge in [-0.1, -0.05) is 36.4 Å². The number of Topliss-reactive ketones (excluding diaryl/α,β-unsaturated/α-hetero) is 1. The summed E-state index contributed by atoms with van der Waals surface area (Å²) in [5, 5.41) is 2.51. The molecule has 0 aromatic heterocycles. The Morgan fingerprint density at radius 2 is 1.72 bits per heavy atom. The van der Waals surface area contributed by atoms with Gasteiger partial charge in [0, 0.05) is 5.56 Å². The fraction of sp³-hybridized carbons (Fsp3) is 0.250. The Hall–Kier alpha value is -3.36. The van der Waals surface area contributed by atoms with E-state index in [4.69, 9.17) is 0 Å². The van der Waals surface area contributed by atoms with Crippen LogP contribution in [0.2, 0.25) is 0 Å². The van der Waals surface area contributed by atoms with Gasteiger partial charge in [-0.15, -0.1) is 13.2 Å². The largest absolute Gasteiger partial charge is 0.573 e. The molecule has 2 aromatic rings. The van der Waals surface area contributed by atoms with Crippen molar-refractivity contribution in [3.63, 3.8) is 0 Å². The highest BCUT2D eigenvalue weighted by Crippen LogP contribution is 2.31. The minimum atomic E-state index is -4.84. The highest BCUT2D eigenvalue weighted by molar-refractivity contribution is 6.11. The number of amides is 3. The van der Waals surface area contributed by atoms with Crippen LogP contribution in [0.3, 0.4) is 0 Å². The number of nitrogens with zero attached hydrogens (tertiary/aromatic N) is 1. The molecule has 1 fully saturated rings. The zero-order valence-electron chi connectivity index (χ0n) is 15.5. The molecule has 1 aliphatic rings. The van der Waals surface area contributed by atoms with Crippen molar-refractivity contribution in [3.05, 3.63) is 65.2 Å². The summed E-state index contributed by atoms with van der Waals surface area (Å²) < 4.78 is 40.7. The number of hydrogen-bond acceptors (Lipinski definition) is 4. The molecule has 9 heteroatoms. The lowest BCUT2D eigenvalue weighted by atomic mass is 9.92. The first-order valence-corrected chi connectivity index (χ1v) is 8.60. The third kappa shape index (κ3) is 4.08. The van der Waals surface area contributed by atoms with Gasteiger partial charge in [0.25, 0.3) is 5.91 Å². The van der Waals surface area contributed by atoms with E-state index in [1.807, 2.05) is 0 Å². The second-order valence-corrected chi connectivity index (χ2v) is 6.76. The van der Waals surface area contributed by atoms with Crippen molar-refractivity contribution in [2.75, 3.05) is 6.54 Å². The summed E-state index contributed by atoms with van der Waals surface area (Å²) in [6.07, 6.45) is -4.84. The van der Waals surface area contributed by atoms with Gasteiger partial charge in [-0.05, 0) is 37.1 Å². The van der Waals surface area contributed by atoms with E-state index in [1.54, 1.807) is 31.2 Å². The van der Waals surface area contributed by atoms with E-state index in [0.717, 1.165) is 17.0 Å². The lowest BCUT2D eigenvalue weighted by molar-refractivity contribution is -0.274. The van der Waals surface area contributed by atoms with Gasteiger partial charge >= 0.3 is 12.4 Å². The van der Waals surface area contributed by atoms with Crippen molar-refractivity contribution >= 4 is 17.7 Å². The van der Waals surface area contributed by atoms with Crippen LogP contribution in [0.25, 0.3) is 0 Å². The van der Waals surface area contributed by atoms with Crippen LogP contribution in [0.5, 0.6) is 5.75 Å². The van der Waals surface area contributed by atoms with Gasteiger partial charge in [0.2, 0.25) is 0 Å². The van der Waals surface area contributed by atoms with Gasteiger partial charge in [-0.2, -0.15) is 0 Å². The third-order valence-corrected chi connectivity index (χ3v) is 4.69. The molecule has 6 nitrogen and oxygen atoms in total. The molecule has 1 saturated heterocycles. The lowest BCUT2D eigenvalue weighted by Crippen LogP contribution is -2.41. The van der Waals surface area contributed by atoms with E-state index in [-0.39, 0.29) is 5.56 Å². The number of rotatable bonds is 5. The summed E-state index contributed by atoms with van der Waals surface area (Å²) >= 11 is 0. The number of alkyl halides is 3. The maximum Gasteiger partial charge on any atom is 0.573 e. The summed E-state index contributed by atoms with van der Waals surface area (Å²) in [7, 11) is 0. The first kappa shape index (κ1) is 20.4. The second-order valence-electron chi connectivity index (χ2n) is 6.76. The maximum absolute atomic E-state index is 12.9. The zero-order valence-corrected chi connectivity index (χ0v) is 15.5. The number of aryl methyl sites for hydroxylation is 1. The topological polar surface area (TPSA) is 75.7 Å². The Bertz CT molecular complexity index is 972. The van der Waals surface area contributed by atoms with E-state index in [9.17, 15) is 27.6 Å². The van der Waals surface area contributed by atoms with Crippen LogP contribution in [0.4, 0.5) is 18.0 Å². The SMILES string of the molecule is Cc1ccccc1C(=O)CN1C(=O)NC(C)(c2ccc(OC(F)(F)F)cc2)C1=O. The highest BCUT2D eigenvalue weighted by atomic mass is 19.4. The van der Waals surface area contributed by atoms with Gasteiger partial charge < -0.3 is 10.1 Å². The summed E-state index contributed by atoms with van der Waals surface area (Å²) in [6.45, 7) is 2.72. The molecule has 1 N–H and O–H groups in total. The first-order chi connectivity index (χ1) is 13.5. The number of carbonyl (C=O) groups is 3. The summed E-state index contributed by atoms with van der Waals surface area (Å²) in [4.78, 5) is 38.6. The van der Waals surface area contributed by atoms with E-state index in [0.29, 0.717) is 11.1 Å². The quantitative estimate of drug-likeness (QED) is 0.609. The second kappa shape index (κ2) is 7.23. The third-order valence-electron chi connectivity index (χ3n) is 4.69. The molecule has 1 aliphatic heterocycles.